The molecule has 0 N–H and O–H groups in total. The Bertz CT molecular complexity index is 404. The van der Waals surface area contributed by atoms with E-state index < -0.39 is 17.7 Å². The molecule has 0 aliphatic carbocycles. The van der Waals surface area contributed by atoms with E-state index >= 15 is 0 Å². The molecule has 1 fully saturated rings. The lowest BCUT2D eigenvalue weighted by Crippen LogP contribution is -2.38. The summed E-state index contributed by atoms with van der Waals surface area (Å²) in [6.07, 6.45) is 11.1. The SMILES string of the molecule is CCCCCCCCCCC[C@H]1OC(C)(OC)O[C@H]1C(=O)OC(C)(C)C. The van der Waals surface area contributed by atoms with Gasteiger partial charge in [0, 0.05) is 14.0 Å². The van der Waals surface area contributed by atoms with Crippen LogP contribution >= 0.6 is 0 Å². The third-order valence-electron chi connectivity index (χ3n) is 4.65. The maximum atomic E-state index is 12.5. The van der Waals surface area contributed by atoms with Crippen LogP contribution in [0, 0.1) is 0 Å². The van der Waals surface area contributed by atoms with E-state index in [-0.39, 0.29) is 12.1 Å². The molecule has 0 aromatic carbocycles. The number of esters is 1. The van der Waals surface area contributed by atoms with Crippen LogP contribution in [0.15, 0.2) is 0 Å². The number of unbranched alkanes of at least 4 members (excludes halogenated alkanes) is 8. The highest BCUT2D eigenvalue weighted by molar-refractivity contribution is 5.76. The van der Waals surface area contributed by atoms with Gasteiger partial charge in [0.25, 0.3) is 5.97 Å². The van der Waals surface area contributed by atoms with Crippen molar-refractivity contribution in [3.8, 4) is 0 Å². The topological polar surface area (TPSA) is 54.0 Å². The van der Waals surface area contributed by atoms with Gasteiger partial charge in [0.1, 0.15) is 11.7 Å². The van der Waals surface area contributed by atoms with Crippen LogP contribution in [0.1, 0.15) is 98.8 Å². The Hall–Kier alpha value is -0.650. The van der Waals surface area contributed by atoms with Crippen molar-refractivity contribution in [3.63, 3.8) is 0 Å². The zero-order valence-corrected chi connectivity index (χ0v) is 17.8. The summed E-state index contributed by atoms with van der Waals surface area (Å²) in [6.45, 7) is 9.50. The number of hydrogen-bond donors (Lipinski definition) is 0. The number of ether oxygens (including phenoxy) is 4. The van der Waals surface area contributed by atoms with Gasteiger partial charge < -0.3 is 18.9 Å². The van der Waals surface area contributed by atoms with Crippen LogP contribution in [0.3, 0.4) is 0 Å². The van der Waals surface area contributed by atoms with Crippen LogP contribution in [0.4, 0.5) is 0 Å². The first kappa shape index (κ1) is 23.4. The number of carbonyl (C=O) groups is 1. The first-order chi connectivity index (χ1) is 12.2. The highest BCUT2D eigenvalue weighted by atomic mass is 16.9. The van der Waals surface area contributed by atoms with Crippen molar-refractivity contribution in [2.75, 3.05) is 7.11 Å². The minimum atomic E-state index is -1.18. The molecule has 0 aromatic rings. The van der Waals surface area contributed by atoms with E-state index in [0.29, 0.717) is 0 Å². The largest absolute Gasteiger partial charge is 0.458 e. The van der Waals surface area contributed by atoms with E-state index in [9.17, 15) is 4.79 Å². The second kappa shape index (κ2) is 11.3. The number of carbonyl (C=O) groups excluding carboxylic acids is 1. The fourth-order valence-corrected chi connectivity index (χ4v) is 3.19. The number of hydrogen-bond acceptors (Lipinski definition) is 5. The highest BCUT2D eigenvalue weighted by Gasteiger charge is 2.49. The molecule has 0 saturated carbocycles. The Balaban J connectivity index is 2.35. The minimum Gasteiger partial charge on any atom is -0.458 e. The van der Waals surface area contributed by atoms with Crippen LogP contribution < -0.4 is 0 Å². The first-order valence-corrected chi connectivity index (χ1v) is 10.3. The quantitative estimate of drug-likeness (QED) is 0.341. The summed E-state index contributed by atoms with van der Waals surface area (Å²) < 4.78 is 22.4. The lowest BCUT2D eigenvalue weighted by molar-refractivity contribution is -0.318. The smallest absolute Gasteiger partial charge is 0.338 e. The van der Waals surface area contributed by atoms with E-state index in [2.05, 4.69) is 6.92 Å². The van der Waals surface area contributed by atoms with Gasteiger partial charge in [-0.3, -0.25) is 0 Å². The Morgan fingerprint density at radius 1 is 0.962 bits per heavy atom. The average molecular weight is 373 g/mol. The predicted molar refractivity (Wildman–Crippen MR) is 103 cm³/mol. The van der Waals surface area contributed by atoms with Gasteiger partial charge in [-0.2, -0.15) is 0 Å². The minimum absolute atomic E-state index is 0.320. The third kappa shape index (κ3) is 8.83. The fourth-order valence-electron chi connectivity index (χ4n) is 3.19. The molecular formula is C21H40O5. The Morgan fingerprint density at radius 2 is 1.50 bits per heavy atom. The van der Waals surface area contributed by atoms with Crippen molar-refractivity contribution in [1.82, 2.24) is 0 Å². The lowest BCUT2D eigenvalue weighted by atomic mass is 10.0. The molecule has 0 spiro atoms. The fraction of sp³-hybridized carbons (Fsp3) is 0.952. The van der Waals surface area contributed by atoms with Gasteiger partial charge in [-0.25, -0.2) is 4.79 Å². The summed E-state index contributed by atoms with van der Waals surface area (Å²) in [7, 11) is 1.52. The first-order valence-electron chi connectivity index (χ1n) is 10.3. The summed E-state index contributed by atoms with van der Waals surface area (Å²) in [5.74, 6) is -1.55. The van der Waals surface area contributed by atoms with E-state index in [1.165, 1.54) is 52.1 Å². The van der Waals surface area contributed by atoms with Gasteiger partial charge in [-0.1, -0.05) is 64.7 Å². The van der Waals surface area contributed by atoms with Gasteiger partial charge in [-0.05, 0) is 27.2 Å². The van der Waals surface area contributed by atoms with Crippen LogP contribution in [0.5, 0.6) is 0 Å². The van der Waals surface area contributed by atoms with Crippen LogP contribution in [0.25, 0.3) is 0 Å². The maximum absolute atomic E-state index is 12.5. The van der Waals surface area contributed by atoms with E-state index in [4.69, 9.17) is 18.9 Å². The molecule has 1 unspecified atom stereocenters. The van der Waals surface area contributed by atoms with Crippen molar-refractivity contribution in [1.29, 1.82) is 0 Å². The molecule has 0 radical (unpaired) electrons. The van der Waals surface area contributed by atoms with Gasteiger partial charge in [0.05, 0.1) is 0 Å². The van der Waals surface area contributed by atoms with Crippen LogP contribution in [-0.2, 0) is 23.7 Å². The Morgan fingerprint density at radius 3 is 2.00 bits per heavy atom. The number of rotatable bonds is 12. The molecule has 0 bridgehead atoms. The van der Waals surface area contributed by atoms with Crippen LogP contribution in [-0.4, -0.2) is 36.9 Å². The molecule has 1 saturated heterocycles. The summed E-state index contributed by atoms with van der Waals surface area (Å²) in [5.41, 5.74) is -0.547. The van der Waals surface area contributed by atoms with E-state index in [0.717, 1.165) is 19.3 Å². The average Bonchev–Trinajstić information content (AvgIpc) is 2.90. The lowest BCUT2D eigenvalue weighted by Gasteiger charge is -2.23. The second-order valence-corrected chi connectivity index (χ2v) is 8.41. The molecule has 1 aliphatic rings. The summed E-state index contributed by atoms with van der Waals surface area (Å²) in [4.78, 5) is 12.5. The third-order valence-corrected chi connectivity index (χ3v) is 4.65. The molecule has 5 heteroatoms. The molecule has 1 rings (SSSR count). The van der Waals surface area contributed by atoms with E-state index in [1.807, 2.05) is 20.8 Å². The predicted octanol–water partition coefficient (Wildman–Crippen LogP) is 5.35. The molecule has 5 nitrogen and oxygen atoms in total. The van der Waals surface area contributed by atoms with Crippen molar-refractivity contribution in [2.24, 2.45) is 0 Å². The van der Waals surface area contributed by atoms with Crippen molar-refractivity contribution in [3.05, 3.63) is 0 Å². The Labute approximate surface area is 160 Å². The van der Waals surface area contributed by atoms with Gasteiger partial charge in [0.2, 0.25) is 0 Å². The van der Waals surface area contributed by atoms with Crippen molar-refractivity contribution in [2.45, 2.75) is 123 Å². The molecular weight excluding hydrogens is 332 g/mol. The zero-order chi connectivity index (χ0) is 19.6. The molecule has 0 amide bonds. The van der Waals surface area contributed by atoms with Crippen LogP contribution in [0.2, 0.25) is 0 Å². The van der Waals surface area contributed by atoms with Gasteiger partial charge >= 0.3 is 5.97 Å². The van der Waals surface area contributed by atoms with Crippen molar-refractivity contribution >= 4 is 5.97 Å². The van der Waals surface area contributed by atoms with Gasteiger partial charge in [0.15, 0.2) is 6.10 Å². The molecule has 1 aliphatic heterocycles. The summed E-state index contributed by atoms with van der Waals surface area (Å²) in [6, 6.07) is 0. The molecule has 3 atom stereocenters. The molecule has 1 heterocycles. The zero-order valence-electron chi connectivity index (χ0n) is 17.8. The second-order valence-electron chi connectivity index (χ2n) is 8.41. The molecule has 0 aromatic heterocycles. The van der Waals surface area contributed by atoms with Crippen molar-refractivity contribution < 1.29 is 23.7 Å². The van der Waals surface area contributed by atoms with E-state index in [1.54, 1.807) is 6.92 Å². The monoisotopic (exact) mass is 372 g/mol. The number of methoxy groups -OCH3 is 1. The maximum Gasteiger partial charge on any atom is 0.338 e. The molecule has 26 heavy (non-hydrogen) atoms. The standard InChI is InChI=1S/C21H40O5/c1-7-8-9-10-11-12-13-14-15-16-17-18(19(22)26-20(2,3)4)25-21(5,23-6)24-17/h17-18H,7-16H2,1-6H3/t17-,18-,21?/m1/s1. The normalized spacial score (nSPS) is 26.2. The highest BCUT2D eigenvalue weighted by Crippen LogP contribution is 2.33. The summed E-state index contributed by atoms with van der Waals surface area (Å²) >= 11 is 0. The summed E-state index contributed by atoms with van der Waals surface area (Å²) in [5, 5.41) is 0. The van der Waals surface area contributed by atoms with Gasteiger partial charge in [-0.15, -0.1) is 0 Å². The molecule has 154 valence electrons. The Kier molecular flexibility index (Phi) is 10.1.